The van der Waals surface area contributed by atoms with Gasteiger partial charge in [-0.05, 0) is 36.4 Å². The van der Waals surface area contributed by atoms with Crippen LogP contribution in [-0.2, 0) is 17.8 Å². The van der Waals surface area contributed by atoms with Crippen molar-refractivity contribution in [2.75, 3.05) is 26.3 Å². The Kier molecular flexibility index (Phi) is 7.12. The van der Waals surface area contributed by atoms with Gasteiger partial charge in [0.15, 0.2) is 17.8 Å². The van der Waals surface area contributed by atoms with E-state index in [-0.39, 0.29) is 34.5 Å². The first-order valence-corrected chi connectivity index (χ1v) is 13.4. The smallest absolute Gasteiger partial charge is 0.382 e. The molecule has 0 aliphatic carbocycles. The molecule has 0 saturated carbocycles. The Labute approximate surface area is 245 Å². The largest absolute Gasteiger partial charge is 0.416 e. The van der Waals surface area contributed by atoms with Crippen molar-refractivity contribution in [3.63, 3.8) is 0 Å². The molecule has 2 fully saturated rings. The Morgan fingerprint density at radius 1 is 1.10 bits per heavy atom. The molecule has 220 valence electrons. The van der Waals surface area contributed by atoms with Crippen molar-refractivity contribution in [2.45, 2.75) is 25.4 Å². The number of amides is 1. The van der Waals surface area contributed by atoms with Crippen LogP contribution in [0.1, 0.15) is 16.2 Å². The average molecular weight is 624 g/mol. The Morgan fingerprint density at radius 2 is 1.81 bits per heavy atom. The first-order valence-electron chi connectivity index (χ1n) is 12.7. The van der Waals surface area contributed by atoms with Gasteiger partial charge in [0.1, 0.15) is 12.9 Å². The van der Waals surface area contributed by atoms with Gasteiger partial charge in [-0.2, -0.15) is 13.2 Å². The number of para-hydroxylation sites is 1. The average Bonchev–Trinajstić information content (AvgIpc) is 3.47. The second-order valence-electron chi connectivity index (χ2n) is 10.3. The zero-order valence-electron chi connectivity index (χ0n) is 21.6. The van der Waals surface area contributed by atoms with Crippen molar-refractivity contribution in [1.82, 2.24) is 34.0 Å². The highest BCUT2D eigenvalue weighted by molar-refractivity contribution is 6.33. The van der Waals surface area contributed by atoms with Crippen LogP contribution in [0.15, 0.2) is 53.6 Å². The zero-order valence-corrected chi connectivity index (χ0v) is 23.1. The maximum Gasteiger partial charge on any atom is 0.416 e. The molecule has 42 heavy (non-hydrogen) atoms. The molecule has 4 heterocycles. The summed E-state index contributed by atoms with van der Waals surface area (Å²) in [7, 11) is 0. The lowest BCUT2D eigenvalue weighted by Crippen LogP contribution is -2.67. The van der Waals surface area contributed by atoms with Crippen LogP contribution in [0.5, 0.6) is 0 Å². The predicted octanol–water partition coefficient (Wildman–Crippen LogP) is 3.04. The van der Waals surface area contributed by atoms with Crippen molar-refractivity contribution in [2.24, 2.45) is 5.41 Å². The minimum absolute atomic E-state index is 0.0203. The van der Waals surface area contributed by atoms with Crippen molar-refractivity contribution in [1.29, 1.82) is 0 Å². The Bertz CT molecular complexity index is 1710. The molecule has 2 aliphatic heterocycles. The van der Waals surface area contributed by atoms with Gasteiger partial charge in [-0.15, -0.1) is 10.2 Å². The van der Waals surface area contributed by atoms with Gasteiger partial charge < -0.3 is 14.7 Å². The molecule has 2 saturated heterocycles. The van der Waals surface area contributed by atoms with E-state index in [1.807, 2.05) is 0 Å². The summed E-state index contributed by atoms with van der Waals surface area (Å²) in [5, 5.41) is 18.9. The molecule has 16 heteroatoms. The monoisotopic (exact) mass is 623 g/mol. The summed E-state index contributed by atoms with van der Waals surface area (Å²) in [5.41, 5.74) is 0.0128. The molecule has 2 aromatic heterocycles. The third-order valence-electron chi connectivity index (χ3n) is 7.19. The molecule has 0 radical (unpaired) electrons. The topological polar surface area (TPSA) is 120 Å². The van der Waals surface area contributed by atoms with Crippen LogP contribution in [0, 0.1) is 5.41 Å². The Morgan fingerprint density at radius 3 is 2.45 bits per heavy atom. The van der Waals surface area contributed by atoms with Crippen molar-refractivity contribution in [3.05, 3.63) is 80.7 Å². The number of carbonyl (C=O) groups excluding carboxylic acids is 1. The summed E-state index contributed by atoms with van der Waals surface area (Å²) in [6.07, 6.45) is -6.43. The number of aromatic nitrogens is 6. The van der Waals surface area contributed by atoms with Crippen molar-refractivity contribution >= 4 is 29.1 Å². The number of likely N-dealkylation sites (tertiary alicyclic amines) is 1. The summed E-state index contributed by atoms with van der Waals surface area (Å²) in [5.74, 6) is -0.260. The van der Waals surface area contributed by atoms with E-state index < -0.39 is 24.5 Å². The number of ether oxygens (including phenoxy) is 1. The van der Waals surface area contributed by atoms with E-state index in [9.17, 15) is 27.9 Å². The summed E-state index contributed by atoms with van der Waals surface area (Å²) in [4.78, 5) is 32.4. The second-order valence-corrected chi connectivity index (χ2v) is 11.2. The Hall–Kier alpha value is -3.72. The van der Waals surface area contributed by atoms with Gasteiger partial charge in [-0.25, -0.2) is 19.1 Å². The molecule has 1 spiro atoms. The molecule has 11 nitrogen and oxygen atoms in total. The standard InChI is InChI=1S/C26H22Cl2F3N7O4/c27-16-6-4-15(5-7-16)22-34-37(24(41)36(22)8-19(39)26(29,30)31)9-20-32-14-38(33-20)21-17(2-1-3-18(21)28)23(40)35-10-25(11-35)12-42-13-25/h1-7,14,19,39H,8-13H2. The molecule has 6 rings (SSSR count). The second kappa shape index (κ2) is 10.5. The predicted molar refractivity (Wildman–Crippen MR) is 144 cm³/mol. The van der Waals surface area contributed by atoms with Crippen molar-refractivity contribution < 1.29 is 27.8 Å². The van der Waals surface area contributed by atoms with Gasteiger partial charge in [-0.3, -0.25) is 9.36 Å². The SMILES string of the molecule is O=C(c1cccc(Cl)c1-n1cnc(Cn2nc(-c3ccc(Cl)cc3)n(CC(O)C(F)(F)F)c2=O)n1)N1CC2(COC2)C1. The minimum atomic E-state index is -4.95. The molecular formula is C26H22Cl2F3N7O4. The van der Waals surface area contributed by atoms with Gasteiger partial charge in [0, 0.05) is 23.7 Å². The number of aliphatic hydroxyl groups is 1. The molecule has 1 unspecified atom stereocenters. The lowest BCUT2D eigenvalue weighted by Gasteiger charge is -2.55. The van der Waals surface area contributed by atoms with E-state index >= 15 is 0 Å². The van der Waals surface area contributed by atoms with Crippen LogP contribution in [0.25, 0.3) is 17.1 Å². The molecule has 1 atom stereocenters. The number of benzene rings is 2. The van der Waals surface area contributed by atoms with Crippen LogP contribution in [-0.4, -0.2) is 83.6 Å². The Balaban J connectivity index is 1.30. The summed E-state index contributed by atoms with van der Waals surface area (Å²) in [6, 6.07) is 10.9. The molecule has 4 aromatic rings. The number of nitrogens with zero attached hydrogens (tertiary/aromatic N) is 7. The molecule has 0 bridgehead atoms. The van der Waals surface area contributed by atoms with E-state index in [4.69, 9.17) is 27.9 Å². The van der Waals surface area contributed by atoms with Gasteiger partial charge in [0.25, 0.3) is 5.91 Å². The summed E-state index contributed by atoms with van der Waals surface area (Å²) in [6.45, 7) is 1.00. The molecule has 2 aliphatic rings. The van der Waals surface area contributed by atoms with Crippen molar-refractivity contribution in [3.8, 4) is 17.1 Å². The molecular weight excluding hydrogens is 602 g/mol. The normalized spacial score (nSPS) is 16.8. The van der Waals surface area contributed by atoms with Gasteiger partial charge in [0.05, 0.1) is 41.4 Å². The van der Waals surface area contributed by atoms with Crippen LogP contribution in [0.4, 0.5) is 13.2 Å². The first-order chi connectivity index (χ1) is 19.9. The minimum Gasteiger partial charge on any atom is -0.382 e. The highest BCUT2D eigenvalue weighted by Gasteiger charge is 2.51. The number of halogens is 5. The van der Waals surface area contributed by atoms with Gasteiger partial charge in [0.2, 0.25) is 0 Å². The lowest BCUT2D eigenvalue weighted by molar-refractivity contribution is -0.207. The maximum atomic E-state index is 13.3. The summed E-state index contributed by atoms with van der Waals surface area (Å²) < 4.78 is 47.7. The third kappa shape index (κ3) is 5.19. The van der Waals surface area contributed by atoms with Gasteiger partial charge in [-0.1, -0.05) is 29.3 Å². The van der Waals surface area contributed by atoms with Crippen LogP contribution >= 0.6 is 23.2 Å². The number of alkyl halides is 3. The number of rotatable bonds is 7. The van der Waals surface area contributed by atoms with E-state index in [2.05, 4.69) is 15.2 Å². The fraction of sp³-hybridized carbons (Fsp3) is 0.346. The van der Waals surface area contributed by atoms with E-state index in [1.54, 1.807) is 23.1 Å². The van der Waals surface area contributed by atoms with Crippen LogP contribution < -0.4 is 5.69 Å². The summed E-state index contributed by atoms with van der Waals surface area (Å²) >= 11 is 12.4. The molecule has 1 amide bonds. The maximum absolute atomic E-state index is 13.3. The fourth-order valence-corrected chi connectivity index (χ4v) is 5.37. The number of hydrogen-bond donors (Lipinski definition) is 1. The van der Waals surface area contributed by atoms with E-state index in [0.29, 0.717) is 48.1 Å². The number of carbonyl (C=O) groups is 1. The number of hydrogen-bond acceptors (Lipinski definition) is 7. The van der Waals surface area contributed by atoms with Crippen LogP contribution in [0.2, 0.25) is 10.0 Å². The molecule has 2 aromatic carbocycles. The third-order valence-corrected chi connectivity index (χ3v) is 7.75. The highest BCUT2D eigenvalue weighted by atomic mass is 35.5. The van der Waals surface area contributed by atoms with Crippen LogP contribution in [0.3, 0.4) is 0 Å². The lowest BCUT2D eigenvalue weighted by atomic mass is 9.77. The van der Waals surface area contributed by atoms with E-state index in [1.165, 1.54) is 35.3 Å². The van der Waals surface area contributed by atoms with Gasteiger partial charge >= 0.3 is 11.9 Å². The fourth-order valence-electron chi connectivity index (χ4n) is 4.98. The van der Waals surface area contributed by atoms with E-state index in [0.717, 1.165) is 9.25 Å². The zero-order chi connectivity index (χ0) is 29.8. The number of aliphatic hydroxyl groups excluding tert-OH is 1. The first kappa shape index (κ1) is 28.4. The highest BCUT2D eigenvalue weighted by Crippen LogP contribution is 2.39. The molecule has 1 N–H and O–H groups in total. The quantitative estimate of drug-likeness (QED) is 0.336.